The van der Waals surface area contributed by atoms with Crippen LogP contribution in [0.4, 0.5) is 0 Å². The van der Waals surface area contributed by atoms with Crippen molar-refractivity contribution in [2.45, 2.75) is 26.2 Å². The molecule has 0 aliphatic rings. The summed E-state index contributed by atoms with van der Waals surface area (Å²) >= 11 is 0. The van der Waals surface area contributed by atoms with Crippen molar-refractivity contribution in [2.75, 3.05) is 0 Å². The lowest BCUT2D eigenvalue weighted by Gasteiger charge is -2.18. The molecule has 3 aromatic rings. The maximum atomic E-state index is 9.52. The molecule has 4 heteroatoms. The molecule has 3 rings (SSSR count). The number of aromatic nitrogens is 2. The fourth-order valence-electron chi connectivity index (χ4n) is 2.22. The van der Waals surface area contributed by atoms with Gasteiger partial charge >= 0.3 is 0 Å². The number of hydrogen-bond acceptors (Lipinski definition) is 4. The van der Waals surface area contributed by atoms with Gasteiger partial charge in [0.25, 0.3) is 5.89 Å². The summed E-state index contributed by atoms with van der Waals surface area (Å²) in [5.41, 5.74) is 2.98. The van der Waals surface area contributed by atoms with Crippen LogP contribution in [0.25, 0.3) is 22.8 Å². The predicted molar refractivity (Wildman–Crippen MR) is 85.5 cm³/mol. The molecule has 0 spiro atoms. The van der Waals surface area contributed by atoms with Gasteiger partial charge < -0.3 is 9.63 Å². The fourth-order valence-corrected chi connectivity index (χ4v) is 2.22. The monoisotopic (exact) mass is 294 g/mol. The van der Waals surface area contributed by atoms with Crippen LogP contribution in [0, 0.1) is 0 Å². The molecule has 1 N–H and O–H groups in total. The second-order valence-corrected chi connectivity index (χ2v) is 6.30. The van der Waals surface area contributed by atoms with E-state index in [2.05, 4.69) is 43.0 Å². The molecule has 0 aliphatic carbocycles. The number of phenols is 1. The van der Waals surface area contributed by atoms with Gasteiger partial charge in [-0.05, 0) is 29.2 Å². The number of benzene rings is 2. The molecule has 2 aromatic carbocycles. The second kappa shape index (κ2) is 5.30. The molecule has 112 valence electrons. The van der Waals surface area contributed by atoms with Crippen molar-refractivity contribution in [3.63, 3.8) is 0 Å². The minimum atomic E-state index is 0.114. The summed E-state index contributed by atoms with van der Waals surface area (Å²) in [4.78, 5) is 4.39. The first kappa shape index (κ1) is 14.3. The van der Waals surface area contributed by atoms with Crippen molar-refractivity contribution >= 4 is 0 Å². The molecule has 0 amide bonds. The topological polar surface area (TPSA) is 59.2 Å². The van der Waals surface area contributed by atoms with E-state index in [9.17, 15) is 5.11 Å². The van der Waals surface area contributed by atoms with Crippen LogP contribution in [0.15, 0.2) is 53.1 Å². The van der Waals surface area contributed by atoms with Crippen LogP contribution in [0.2, 0.25) is 0 Å². The van der Waals surface area contributed by atoms with Gasteiger partial charge in [-0.15, -0.1) is 0 Å². The maximum Gasteiger partial charge on any atom is 0.258 e. The Balaban J connectivity index is 1.91. The van der Waals surface area contributed by atoms with E-state index in [4.69, 9.17) is 4.52 Å². The van der Waals surface area contributed by atoms with Crippen LogP contribution in [0.5, 0.6) is 5.75 Å². The zero-order valence-electron chi connectivity index (χ0n) is 12.9. The summed E-state index contributed by atoms with van der Waals surface area (Å²) in [7, 11) is 0. The quantitative estimate of drug-likeness (QED) is 0.760. The molecule has 0 fully saturated rings. The van der Waals surface area contributed by atoms with Crippen molar-refractivity contribution < 1.29 is 9.63 Å². The Morgan fingerprint density at radius 1 is 0.955 bits per heavy atom. The van der Waals surface area contributed by atoms with Gasteiger partial charge in [0.15, 0.2) is 0 Å². The average Bonchev–Trinajstić information content (AvgIpc) is 2.96. The minimum absolute atomic E-state index is 0.114. The largest absolute Gasteiger partial charge is 0.508 e. The Bertz CT molecular complexity index is 783. The number of aromatic hydroxyl groups is 1. The number of rotatable bonds is 2. The van der Waals surface area contributed by atoms with Gasteiger partial charge in [0.2, 0.25) is 5.82 Å². The summed E-state index contributed by atoms with van der Waals surface area (Å²) in [6.45, 7) is 6.53. The molecular formula is C18H18N2O2. The summed E-state index contributed by atoms with van der Waals surface area (Å²) in [6, 6.07) is 14.9. The van der Waals surface area contributed by atoms with E-state index in [-0.39, 0.29) is 11.2 Å². The van der Waals surface area contributed by atoms with Crippen LogP contribution in [0.3, 0.4) is 0 Å². The van der Waals surface area contributed by atoms with E-state index in [1.165, 1.54) is 5.56 Å². The average molecular weight is 294 g/mol. The molecule has 22 heavy (non-hydrogen) atoms. The molecule has 0 unspecified atom stereocenters. The van der Waals surface area contributed by atoms with Gasteiger partial charge in [-0.2, -0.15) is 4.98 Å². The number of phenolic OH excluding ortho intramolecular Hbond substituents is 1. The molecule has 4 nitrogen and oxygen atoms in total. The molecular weight excluding hydrogens is 276 g/mol. The van der Waals surface area contributed by atoms with Gasteiger partial charge in [-0.1, -0.05) is 56.3 Å². The molecule has 0 radical (unpaired) electrons. The van der Waals surface area contributed by atoms with E-state index in [0.717, 1.165) is 5.56 Å². The van der Waals surface area contributed by atoms with E-state index >= 15 is 0 Å². The van der Waals surface area contributed by atoms with Crippen LogP contribution >= 0.6 is 0 Å². The molecule has 1 aromatic heterocycles. The van der Waals surface area contributed by atoms with Crippen molar-refractivity contribution in [1.82, 2.24) is 10.1 Å². The van der Waals surface area contributed by atoms with Gasteiger partial charge in [0.05, 0.1) is 0 Å². The lowest BCUT2D eigenvalue weighted by atomic mass is 9.87. The van der Waals surface area contributed by atoms with E-state index < -0.39 is 0 Å². The summed E-state index contributed by atoms with van der Waals surface area (Å²) in [5, 5.41) is 13.5. The normalized spacial score (nSPS) is 11.6. The Morgan fingerprint density at radius 3 is 2.32 bits per heavy atom. The zero-order valence-corrected chi connectivity index (χ0v) is 12.9. The third kappa shape index (κ3) is 2.86. The summed E-state index contributed by atoms with van der Waals surface area (Å²) in [6.07, 6.45) is 0. The van der Waals surface area contributed by atoms with Crippen molar-refractivity contribution in [1.29, 1.82) is 0 Å². The standard InChI is InChI=1S/C18H18N2O2/c1-18(2,3)14-9-7-12(8-10-14)16-19-17(22-20-16)13-5-4-6-15(21)11-13/h4-11,21H,1-3H3. The van der Waals surface area contributed by atoms with Crippen molar-refractivity contribution in [3.8, 4) is 28.6 Å². The summed E-state index contributed by atoms with van der Waals surface area (Å²) in [5.74, 6) is 1.11. The lowest BCUT2D eigenvalue weighted by molar-refractivity contribution is 0.431. The van der Waals surface area contributed by atoms with Gasteiger partial charge in [0, 0.05) is 11.1 Å². The number of hydrogen-bond donors (Lipinski definition) is 1. The smallest absolute Gasteiger partial charge is 0.258 e. The van der Waals surface area contributed by atoms with Crippen molar-refractivity contribution in [2.24, 2.45) is 0 Å². The highest BCUT2D eigenvalue weighted by atomic mass is 16.5. The van der Waals surface area contributed by atoms with Crippen LogP contribution in [-0.4, -0.2) is 15.2 Å². The van der Waals surface area contributed by atoms with E-state index in [0.29, 0.717) is 17.3 Å². The first-order chi connectivity index (χ1) is 10.4. The van der Waals surface area contributed by atoms with Gasteiger partial charge in [0.1, 0.15) is 5.75 Å². The summed E-state index contributed by atoms with van der Waals surface area (Å²) < 4.78 is 5.29. The molecule has 0 atom stereocenters. The third-order valence-electron chi connectivity index (χ3n) is 3.53. The fraction of sp³-hybridized carbons (Fsp3) is 0.222. The Hall–Kier alpha value is -2.62. The van der Waals surface area contributed by atoms with Gasteiger partial charge in [-0.3, -0.25) is 0 Å². The van der Waals surface area contributed by atoms with Crippen LogP contribution in [-0.2, 0) is 5.41 Å². The van der Waals surface area contributed by atoms with Gasteiger partial charge in [-0.25, -0.2) is 0 Å². The Labute approximate surface area is 129 Å². The predicted octanol–water partition coefficient (Wildman–Crippen LogP) is 4.41. The van der Waals surface area contributed by atoms with E-state index in [1.807, 2.05) is 18.2 Å². The van der Waals surface area contributed by atoms with Crippen LogP contribution < -0.4 is 0 Å². The lowest BCUT2D eigenvalue weighted by Crippen LogP contribution is -2.10. The SMILES string of the molecule is CC(C)(C)c1ccc(-c2noc(-c3cccc(O)c3)n2)cc1. The first-order valence-electron chi connectivity index (χ1n) is 7.17. The third-order valence-corrected chi connectivity index (χ3v) is 3.53. The molecule has 1 heterocycles. The Kier molecular flexibility index (Phi) is 3.45. The zero-order chi connectivity index (χ0) is 15.7. The number of nitrogens with zero attached hydrogens (tertiary/aromatic N) is 2. The molecule has 0 saturated carbocycles. The Morgan fingerprint density at radius 2 is 1.68 bits per heavy atom. The maximum absolute atomic E-state index is 9.52. The molecule has 0 saturated heterocycles. The van der Waals surface area contributed by atoms with E-state index in [1.54, 1.807) is 18.2 Å². The first-order valence-corrected chi connectivity index (χ1v) is 7.17. The van der Waals surface area contributed by atoms with Crippen LogP contribution in [0.1, 0.15) is 26.3 Å². The highest BCUT2D eigenvalue weighted by molar-refractivity contribution is 5.61. The second-order valence-electron chi connectivity index (χ2n) is 6.30. The molecule has 0 bridgehead atoms. The highest BCUT2D eigenvalue weighted by Gasteiger charge is 2.15. The highest BCUT2D eigenvalue weighted by Crippen LogP contribution is 2.27. The minimum Gasteiger partial charge on any atom is -0.508 e. The van der Waals surface area contributed by atoms with Crippen molar-refractivity contribution in [3.05, 3.63) is 54.1 Å². The molecule has 0 aliphatic heterocycles.